The largest absolute Gasteiger partial charge is 0.497 e. The van der Waals surface area contributed by atoms with E-state index in [0.717, 1.165) is 27.1 Å². The first-order valence-electron chi connectivity index (χ1n) is 23.7. The van der Waals surface area contributed by atoms with Gasteiger partial charge in [0.2, 0.25) is 0 Å². The van der Waals surface area contributed by atoms with E-state index in [1.807, 2.05) is 118 Å². The predicted molar refractivity (Wildman–Crippen MR) is 258 cm³/mol. The van der Waals surface area contributed by atoms with Crippen LogP contribution in [0.3, 0.4) is 0 Å². The third-order valence-electron chi connectivity index (χ3n) is 13.4. The van der Waals surface area contributed by atoms with Crippen LogP contribution in [0.2, 0.25) is 5.04 Å². The second kappa shape index (κ2) is 21.0. The average molecular weight is 947 g/mol. The van der Waals surface area contributed by atoms with E-state index in [4.69, 9.17) is 56.5 Å². The Morgan fingerprint density at radius 3 is 1.65 bits per heavy atom. The highest BCUT2D eigenvalue weighted by atomic mass is 28.4. The topological polar surface area (TPSA) is 111 Å². The molecular weight excluding hydrogens is 881 g/mol. The first-order chi connectivity index (χ1) is 32.9. The number of benzene rings is 5. The molecule has 0 bridgehead atoms. The Labute approximate surface area is 402 Å². The quantitative estimate of drug-likeness (QED) is 0.0889. The van der Waals surface area contributed by atoms with Crippen LogP contribution in [-0.2, 0) is 65.0 Å². The summed E-state index contributed by atoms with van der Waals surface area (Å²) in [6.45, 7) is 13.2. The first-order valence-corrected chi connectivity index (χ1v) is 25.6. The zero-order valence-electron chi connectivity index (χ0n) is 40.3. The van der Waals surface area contributed by atoms with Crippen LogP contribution in [0.1, 0.15) is 64.5 Å². The van der Waals surface area contributed by atoms with Gasteiger partial charge in [0.25, 0.3) is 8.32 Å². The first kappa shape index (κ1) is 48.7. The van der Waals surface area contributed by atoms with Gasteiger partial charge in [0.1, 0.15) is 54.6 Å². The molecule has 0 spiro atoms. The third kappa shape index (κ3) is 10.3. The normalized spacial score (nSPS) is 30.3. The van der Waals surface area contributed by atoms with Gasteiger partial charge in [-0.3, -0.25) is 0 Å². The molecule has 5 aromatic rings. The molecular formula is C55H66O12Si. The minimum Gasteiger partial charge on any atom is -0.497 e. The molecule has 4 fully saturated rings. The molecule has 5 aromatic carbocycles. The van der Waals surface area contributed by atoms with Crippen molar-refractivity contribution in [3.05, 3.63) is 162 Å². The Kier molecular flexibility index (Phi) is 15.0. The zero-order chi connectivity index (χ0) is 47.5. The lowest BCUT2D eigenvalue weighted by Gasteiger charge is -2.53. The van der Waals surface area contributed by atoms with Gasteiger partial charge >= 0.3 is 0 Å². The number of fused-ring (bicyclic) bond motifs is 2. The number of hydrogen-bond acceptors (Lipinski definition) is 12. The fraction of sp³-hybridized carbons (Fsp3) is 0.455. The van der Waals surface area contributed by atoms with E-state index in [0.29, 0.717) is 5.75 Å². The summed E-state index contributed by atoms with van der Waals surface area (Å²) in [4.78, 5) is 0. The fourth-order valence-corrected chi connectivity index (χ4v) is 14.7. The standard InChI is InChI=1S/C55H66O12Si/c1-36-44(48-50(52(57-8)61-36)67-55(5,6)66-48)63-53-49(59-34-38-23-15-10-16-24-38)46(58-33-37-21-13-9-14-22-37)47-45(64-53)43(62-51(65-47)39-29-31-40(56-7)32-30-39)35-60-68(54(2,3)4,41-25-17-11-18-26-41)42-27-19-12-20-28-42/h9-32,36,43-53H,33-35H2,1-8H3/t36-,43+,44-,45+,46-,47+,48+,49-,50+,51?,52+,53+/m0/s1. The summed E-state index contributed by atoms with van der Waals surface area (Å²) in [6, 6.07) is 49.0. The van der Waals surface area contributed by atoms with Gasteiger partial charge in [0.15, 0.2) is 24.7 Å². The van der Waals surface area contributed by atoms with Crippen molar-refractivity contribution in [3.63, 3.8) is 0 Å². The second-order valence-corrected chi connectivity index (χ2v) is 23.8. The molecule has 0 aliphatic carbocycles. The Morgan fingerprint density at radius 2 is 1.10 bits per heavy atom. The summed E-state index contributed by atoms with van der Waals surface area (Å²) < 4.78 is 81.4. The Balaban J connectivity index is 1.14. The number of ether oxygens (including phenoxy) is 11. The van der Waals surface area contributed by atoms with Crippen molar-refractivity contribution in [2.75, 3.05) is 20.8 Å². The maximum Gasteiger partial charge on any atom is 0.261 e. The summed E-state index contributed by atoms with van der Waals surface area (Å²) in [7, 11) is 0.172. The van der Waals surface area contributed by atoms with E-state index >= 15 is 0 Å². The van der Waals surface area contributed by atoms with E-state index in [1.54, 1.807) is 14.2 Å². The molecule has 4 aliphatic heterocycles. The molecule has 362 valence electrons. The summed E-state index contributed by atoms with van der Waals surface area (Å²) >= 11 is 0. The molecule has 1 unspecified atom stereocenters. The highest BCUT2D eigenvalue weighted by Crippen LogP contribution is 2.45. The number of hydrogen-bond donors (Lipinski definition) is 0. The van der Waals surface area contributed by atoms with Crippen LogP contribution in [-0.4, -0.2) is 102 Å². The molecule has 4 heterocycles. The summed E-state index contributed by atoms with van der Waals surface area (Å²) in [5.41, 5.74) is 2.76. The molecule has 4 saturated heterocycles. The van der Waals surface area contributed by atoms with Crippen molar-refractivity contribution in [3.8, 4) is 5.75 Å². The summed E-state index contributed by atoms with van der Waals surface area (Å²) in [6.07, 6.45) is -8.61. The van der Waals surface area contributed by atoms with E-state index in [2.05, 4.69) is 69.3 Å². The van der Waals surface area contributed by atoms with Crippen LogP contribution >= 0.6 is 0 Å². The molecule has 13 heteroatoms. The van der Waals surface area contributed by atoms with Gasteiger partial charge in [-0.15, -0.1) is 0 Å². The lowest BCUT2D eigenvalue weighted by molar-refractivity contribution is -0.402. The molecule has 0 saturated carbocycles. The van der Waals surface area contributed by atoms with Crippen LogP contribution in [0.25, 0.3) is 0 Å². The molecule has 0 aromatic heterocycles. The summed E-state index contributed by atoms with van der Waals surface area (Å²) in [5, 5.41) is 1.99. The van der Waals surface area contributed by atoms with E-state index < -0.39 is 87.9 Å². The van der Waals surface area contributed by atoms with Crippen molar-refractivity contribution in [1.29, 1.82) is 0 Å². The van der Waals surface area contributed by atoms with Gasteiger partial charge in [-0.1, -0.05) is 154 Å². The lowest BCUT2D eigenvalue weighted by Crippen LogP contribution is -2.70. The van der Waals surface area contributed by atoms with Crippen molar-refractivity contribution < 1.29 is 56.5 Å². The van der Waals surface area contributed by atoms with Crippen LogP contribution in [0, 0.1) is 0 Å². The maximum absolute atomic E-state index is 7.65. The van der Waals surface area contributed by atoms with E-state index in [-0.39, 0.29) is 24.9 Å². The van der Waals surface area contributed by atoms with Gasteiger partial charge in [0.05, 0.1) is 33.0 Å². The molecule has 0 N–H and O–H groups in total. The van der Waals surface area contributed by atoms with Crippen LogP contribution in [0.15, 0.2) is 146 Å². The van der Waals surface area contributed by atoms with Crippen LogP contribution < -0.4 is 15.1 Å². The predicted octanol–water partition coefficient (Wildman–Crippen LogP) is 8.25. The van der Waals surface area contributed by atoms with Gasteiger partial charge in [-0.05, 0) is 59.4 Å². The van der Waals surface area contributed by atoms with E-state index in [9.17, 15) is 0 Å². The Morgan fingerprint density at radius 1 is 0.559 bits per heavy atom. The highest BCUT2D eigenvalue weighted by Gasteiger charge is 2.60. The lowest BCUT2D eigenvalue weighted by atomic mass is 9.92. The molecule has 4 aliphatic rings. The minimum atomic E-state index is -3.08. The smallest absolute Gasteiger partial charge is 0.261 e. The van der Waals surface area contributed by atoms with Gasteiger partial charge in [-0.2, -0.15) is 0 Å². The minimum absolute atomic E-state index is 0.159. The Hall–Kier alpha value is -4.32. The molecule has 12 atom stereocenters. The molecule has 68 heavy (non-hydrogen) atoms. The molecule has 0 radical (unpaired) electrons. The third-order valence-corrected chi connectivity index (χ3v) is 18.4. The van der Waals surface area contributed by atoms with Crippen LogP contribution in [0.4, 0.5) is 0 Å². The van der Waals surface area contributed by atoms with Crippen molar-refractivity contribution in [1.82, 2.24) is 0 Å². The monoisotopic (exact) mass is 946 g/mol. The highest BCUT2D eigenvalue weighted by molar-refractivity contribution is 6.99. The SMILES string of the molecule is COc1ccc(C2O[C@H]3[C@H](OCc4ccccc4)[C@H](OCc4ccccc4)[C@H](O[C@@H]4[C@H]5OC(C)(C)O[C@H]5[C@H](OC)O[C@H]4C)O[C@@H]3[C@@H](CO[Si](c3ccccc3)(c3ccccc3)C(C)(C)C)O2)cc1. The summed E-state index contributed by atoms with van der Waals surface area (Å²) in [5.74, 6) is -0.205. The van der Waals surface area contributed by atoms with Gasteiger partial charge in [-0.25, -0.2) is 0 Å². The van der Waals surface area contributed by atoms with E-state index in [1.165, 1.54) is 0 Å². The Bertz CT molecular complexity index is 2290. The fourth-order valence-electron chi connectivity index (χ4n) is 10.2. The zero-order valence-corrected chi connectivity index (χ0v) is 41.3. The average Bonchev–Trinajstić information content (AvgIpc) is 3.69. The van der Waals surface area contributed by atoms with Crippen molar-refractivity contribution >= 4 is 18.7 Å². The number of rotatable bonds is 16. The molecule has 9 rings (SSSR count). The van der Waals surface area contributed by atoms with Crippen molar-refractivity contribution in [2.24, 2.45) is 0 Å². The van der Waals surface area contributed by atoms with Gasteiger partial charge in [0, 0.05) is 12.7 Å². The second-order valence-electron chi connectivity index (χ2n) is 19.5. The molecule has 12 nitrogen and oxygen atoms in total. The maximum atomic E-state index is 7.65. The van der Waals surface area contributed by atoms with Crippen molar-refractivity contribution in [2.45, 2.75) is 139 Å². The van der Waals surface area contributed by atoms with Crippen LogP contribution in [0.5, 0.6) is 5.75 Å². The molecule has 0 amide bonds. The number of methoxy groups -OCH3 is 2. The van der Waals surface area contributed by atoms with Gasteiger partial charge < -0.3 is 56.5 Å².